The lowest BCUT2D eigenvalue weighted by Crippen LogP contribution is -2.05. The zero-order chi connectivity index (χ0) is 14.9. The number of hydrogen-bond donors (Lipinski definition) is 0. The smallest absolute Gasteiger partial charge is 0.184 e. The molecule has 0 atom stereocenters. The third-order valence-electron chi connectivity index (χ3n) is 3.36. The van der Waals surface area contributed by atoms with Crippen LogP contribution in [0.25, 0.3) is 5.57 Å². The van der Waals surface area contributed by atoms with Crippen molar-refractivity contribution in [3.8, 4) is 0 Å². The molecule has 0 aromatic heterocycles. The van der Waals surface area contributed by atoms with Gasteiger partial charge in [-0.15, -0.1) is 0 Å². The van der Waals surface area contributed by atoms with Gasteiger partial charge in [0.2, 0.25) is 0 Å². The highest BCUT2D eigenvalue weighted by Crippen LogP contribution is 2.38. The van der Waals surface area contributed by atoms with Gasteiger partial charge in [-0.2, -0.15) is 0 Å². The van der Waals surface area contributed by atoms with Crippen molar-refractivity contribution >= 4 is 27.0 Å². The molecule has 0 radical (unpaired) electrons. The maximum Gasteiger partial charge on any atom is 0.184 e. The number of rotatable bonds is 2. The molecule has 2 nitrogen and oxygen atoms in total. The Labute approximate surface area is 129 Å². The van der Waals surface area contributed by atoms with Gasteiger partial charge in [0.15, 0.2) is 9.84 Å². The number of benzene rings is 2. The SMILES string of the molecule is O=S1(=O)CC=C(Cl)C1=C(c1ccccc1)c1ccccc1. The van der Waals surface area contributed by atoms with Crippen LogP contribution in [0.3, 0.4) is 0 Å². The van der Waals surface area contributed by atoms with Gasteiger partial charge in [0.25, 0.3) is 0 Å². The molecule has 0 saturated heterocycles. The molecule has 106 valence electrons. The number of hydrogen-bond acceptors (Lipinski definition) is 2. The van der Waals surface area contributed by atoms with Crippen LogP contribution in [0.1, 0.15) is 11.1 Å². The summed E-state index contributed by atoms with van der Waals surface area (Å²) in [6.07, 6.45) is 1.55. The molecule has 1 heterocycles. The first kappa shape index (κ1) is 14.1. The predicted molar refractivity (Wildman–Crippen MR) is 86.6 cm³/mol. The molecular weight excluding hydrogens is 304 g/mol. The van der Waals surface area contributed by atoms with Crippen molar-refractivity contribution in [2.75, 3.05) is 5.75 Å². The van der Waals surface area contributed by atoms with Gasteiger partial charge in [-0.05, 0) is 17.2 Å². The van der Waals surface area contributed by atoms with Crippen molar-refractivity contribution < 1.29 is 8.42 Å². The average Bonchev–Trinajstić information content (AvgIpc) is 2.77. The van der Waals surface area contributed by atoms with Crippen molar-refractivity contribution in [2.24, 2.45) is 0 Å². The number of sulfone groups is 1. The third kappa shape index (κ3) is 2.67. The van der Waals surface area contributed by atoms with E-state index in [1.165, 1.54) is 0 Å². The molecule has 0 fully saturated rings. The minimum atomic E-state index is -3.38. The van der Waals surface area contributed by atoms with Gasteiger partial charge < -0.3 is 0 Å². The van der Waals surface area contributed by atoms with Crippen molar-refractivity contribution in [1.82, 2.24) is 0 Å². The molecule has 0 amide bonds. The monoisotopic (exact) mass is 316 g/mol. The molecule has 1 aliphatic heterocycles. The molecule has 0 unspecified atom stereocenters. The van der Waals surface area contributed by atoms with Crippen LogP contribution in [0.5, 0.6) is 0 Å². The molecule has 1 aliphatic rings. The summed E-state index contributed by atoms with van der Waals surface area (Å²) in [5, 5.41) is 0.303. The van der Waals surface area contributed by atoms with E-state index in [0.717, 1.165) is 11.1 Å². The summed E-state index contributed by atoms with van der Waals surface area (Å²) in [7, 11) is -3.38. The van der Waals surface area contributed by atoms with Crippen LogP contribution in [0.4, 0.5) is 0 Å². The van der Waals surface area contributed by atoms with Crippen LogP contribution < -0.4 is 0 Å². The Hall–Kier alpha value is -1.84. The molecule has 0 saturated carbocycles. The first-order valence-corrected chi connectivity index (χ1v) is 8.56. The normalized spacial score (nSPS) is 16.6. The van der Waals surface area contributed by atoms with Crippen molar-refractivity contribution in [3.63, 3.8) is 0 Å². The van der Waals surface area contributed by atoms with Crippen molar-refractivity contribution in [2.45, 2.75) is 0 Å². The third-order valence-corrected chi connectivity index (χ3v) is 5.47. The van der Waals surface area contributed by atoms with E-state index in [9.17, 15) is 8.42 Å². The molecule has 3 rings (SSSR count). The van der Waals surface area contributed by atoms with E-state index >= 15 is 0 Å². The minimum Gasteiger partial charge on any atom is -0.223 e. The topological polar surface area (TPSA) is 34.1 Å². The average molecular weight is 317 g/mol. The largest absolute Gasteiger partial charge is 0.223 e. The zero-order valence-corrected chi connectivity index (χ0v) is 12.7. The zero-order valence-electron chi connectivity index (χ0n) is 11.2. The summed E-state index contributed by atoms with van der Waals surface area (Å²) in [6, 6.07) is 18.9. The summed E-state index contributed by atoms with van der Waals surface area (Å²) < 4.78 is 24.7. The Morgan fingerprint density at radius 3 is 1.71 bits per heavy atom. The standard InChI is InChI=1S/C17H13ClO2S/c18-15-11-12-21(19,20)17(15)16(13-7-3-1-4-8-13)14-9-5-2-6-10-14/h1-11H,12H2. The van der Waals surface area contributed by atoms with Crippen LogP contribution in [-0.4, -0.2) is 14.2 Å². The summed E-state index contributed by atoms with van der Waals surface area (Å²) in [5.74, 6) is -0.0374. The highest BCUT2D eigenvalue weighted by molar-refractivity contribution is 7.96. The van der Waals surface area contributed by atoms with Crippen LogP contribution in [-0.2, 0) is 9.84 Å². The second-order valence-corrected chi connectivity index (χ2v) is 7.15. The Kier molecular flexibility index (Phi) is 3.70. The lowest BCUT2D eigenvalue weighted by molar-refractivity contribution is 0.607. The van der Waals surface area contributed by atoms with Gasteiger partial charge in [-0.1, -0.05) is 72.3 Å². The Morgan fingerprint density at radius 2 is 1.33 bits per heavy atom. The summed E-state index contributed by atoms with van der Waals surface area (Å²) in [4.78, 5) is 0.224. The van der Waals surface area contributed by atoms with Crippen LogP contribution in [0, 0.1) is 0 Å². The van der Waals surface area contributed by atoms with E-state index in [4.69, 9.17) is 11.6 Å². The van der Waals surface area contributed by atoms with Crippen molar-refractivity contribution in [3.05, 3.63) is 87.8 Å². The van der Waals surface area contributed by atoms with Gasteiger partial charge in [0.1, 0.15) is 0 Å². The number of allylic oxidation sites excluding steroid dienone is 1. The van der Waals surface area contributed by atoms with E-state index in [-0.39, 0.29) is 10.7 Å². The van der Waals surface area contributed by atoms with Crippen LogP contribution in [0.2, 0.25) is 0 Å². The Morgan fingerprint density at radius 1 is 0.857 bits per heavy atom. The van der Waals surface area contributed by atoms with Gasteiger partial charge in [0.05, 0.1) is 15.7 Å². The van der Waals surface area contributed by atoms with Crippen LogP contribution >= 0.6 is 11.6 Å². The summed E-state index contributed by atoms with van der Waals surface area (Å²) in [6.45, 7) is 0. The maximum absolute atomic E-state index is 12.4. The molecule has 4 heteroatoms. The predicted octanol–water partition coefficient (Wildman–Crippen LogP) is 4.00. The van der Waals surface area contributed by atoms with E-state index in [0.29, 0.717) is 10.6 Å². The van der Waals surface area contributed by atoms with Crippen molar-refractivity contribution in [1.29, 1.82) is 0 Å². The van der Waals surface area contributed by atoms with E-state index in [1.807, 2.05) is 60.7 Å². The fourth-order valence-corrected chi connectivity index (χ4v) is 4.52. The second-order valence-electron chi connectivity index (χ2n) is 4.77. The fourth-order valence-electron chi connectivity index (χ4n) is 2.42. The molecule has 0 bridgehead atoms. The van der Waals surface area contributed by atoms with Gasteiger partial charge >= 0.3 is 0 Å². The van der Waals surface area contributed by atoms with Gasteiger partial charge in [-0.3, -0.25) is 0 Å². The lowest BCUT2D eigenvalue weighted by Gasteiger charge is -2.13. The molecule has 0 aliphatic carbocycles. The molecule has 2 aromatic carbocycles. The van der Waals surface area contributed by atoms with E-state index in [2.05, 4.69) is 0 Å². The van der Waals surface area contributed by atoms with Gasteiger partial charge in [-0.25, -0.2) is 8.42 Å². The lowest BCUT2D eigenvalue weighted by atomic mass is 9.97. The maximum atomic E-state index is 12.4. The summed E-state index contributed by atoms with van der Waals surface area (Å²) >= 11 is 6.18. The van der Waals surface area contributed by atoms with E-state index in [1.54, 1.807) is 6.08 Å². The number of halogens is 1. The Balaban J connectivity index is 2.36. The summed E-state index contributed by atoms with van der Waals surface area (Å²) in [5.41, 5.74) is 2.35. The second kappa shape index (κ2) is 5.51. The Bertz CT molecular complexity index is 778. The molecule has 0 spiro atoms. The minimum absolute atomic E-state index is 0.0374. The molecule has 2 aromatic rings. The quantitative estimate of drug-likeness (QED) is 0.839. The first-order chi connectivity index (χ1) is 10.1. The van der Waals surface area contributed by atoms with Gasteiger partial charge in [0, 0.05) is 5.57 Å². The highest BCUT2D eigenvalue weighted by Gasteiger charge is 2.30. The fraction of sp³-hybridized carbons (Fsp3) is 0.0588. The molecular formula is C17H13ClO2S. The molecule has 21 heavy (non-hydrogen) atoms. The molecule has 0 N–H and O–H groups in total. The first-order valence-electron chi connectivity index (χ1n) is 6.53. The van der Waals surface area contributed by atoms with Crippen LogP contribution in [0.15, 0.2) is 76.7 Å². The van der Waals surface area contributed by atoms with E-state index < -0.39 is 9.84 Å². The highest BCUT2D eigenvalue weighted by atomic mass is 35.5.